The lowest BCUT2D eigenvalue weighted by Gasteiger charge is -2.14. The average molecular weight is 613 g/mol. The van der Waals surface area contributed by atoms with Gasteiger partial charge in [0, 0.05) is 11.3 Å². The molecule has 3 rings (SSSR count). The van der Waals surface area contributed by atoms with Crippen LogP contribution in [0.25, 0.3) is 0 Å². The number of carbonyl (C=O) groups is 2. The fourth-order valence-electron chi connectivity index (χ4n) is 3.52. The maximum Gasteiger partial charge on any atom is 0.271 e. The van der Waals surface area contributed by atoms with E-state index in [0.29, 0.717) is 64.1 Å². The molecule has 0 bridgehead atoms. The minimum absolute atomic E-state index is 0.206. The number of hydrazone groups is 1. The molecule has 0 spiro atoms. The van der Waals surface area contributed by atoms with Crippen LogP contribution in [-0.4, -0.2) is 44.5 Å². The topological polar surface area (TPSA) is 107 Å². The monoisotopic (exact) mass is 611 g/mol. The van der Waals surface area contributed by atoms with Gasteiger partial charge in [-0.15, -0.1) is 0 Å². The van der Waals surface area contributed by atoms with Crippen molar-refractivity contribution in [1.82, 2.24) is 5.43 Å². The zero-order valence-electron chi connectivity index (χ0n) is 23.1. The Morgan fingerprint density at radius 2 is 1.60 bits per heavy atom. The number of benzene rings is 3. The summed E-state index contributed by atoms with van der Waals surface area (Å²) in [6, 6.07) is 16.0. The predicted molar refractivity (Wildman–Crippen MR) is 159 cm³/mol. The summed E-state index contributed by atoms with van der Waals surface area (Å²) >= 11 is 3.49. The number of anilines is 1. The van der Waals surface area contributed by atoms with Crippen LogP contribution in [0.2, 0.25) is 0 Å². The third-order valence-corrected chi connectivity index (χ3v) is 5.95. The SMILES string of the molecule is CCCOc1ccc(C(=O)N/N=C/c2cc(Br)c(OCC(=O)Nc3ccc(C)cc3)c(OCC)c2)cc1OCC. The fraction of sp³-hybridized carbons (Fsp3) is 0.300. The molecule has 0 radical (unpaired) electrons. The fourth-order valence-corrected chi connectivity index (χ4v) is 4.09. The van der Waals surface area contributed by atoms with Crippen molar-refractivity contribution >= 4 is 39.6 Å². The molecule has 9 nitrogen and oxygen atoms in total. The third kappa shape index (κ3) is 9.01. The van der Waals surface area contributed by atoms with Crippen molar-refractivity contribution in [3.8, 4) is 23.0 Å². The third-order valence-electron chi connectivity index (χ3n) is 5.36. The molecule has 0 aliphatic rings. The Kier molecular flexibility index (Phi) is 11.8. The molecule has 0 aromatic heterocycles. The van der Waals surface area contributed by atoms with Gasteiger partial charge in [-0.1, -0.05) is 24.6 Å². The first-order valence-corrected chi connectivity index (χ1v) is 13.8. The summed E-state index contributed by atoms with van der Waals surface area (Å²) < 4.78 is 23.4. The Bertz CT molecular complexity index is 1330. The van der Waals surface area contributed by atoms with Crippen molar-refractivity contribution in [3.05, 3.63) is 75.8 Å². The standard InChI is InChI=1S/C30H34BrN3O6/c1-5-14-39-25-13-10-22(17-26(25)37-6-2)30(36)34-32-18-21-15-24(31)29(27(16-21)38-7-3)40-19-28(35)33-23-11-8-20(4)9-12-23/h8-13,15-18H,5-7,14,19H2,1-4H3,(H,33,35)(H,34,36)/b32-18+. The predicted octanol–water partition coefficient (Wildman–Crippen LogP) is 6.13. The summed E-state index contributed by atoms with van der Waals surface area (Å²) in [5.41, 5.74) is 5.34. The van der Waals surface area contributed by atoms with E-state index >= 15 is 0 Å². The molecule has 0 fully saturated rings. The Labute approximate surface area is 243 Å². The molecule has 3 aromatic carbocycles. The summed E-state index contributed by atoms with van der Waals surface area (Å²) in [4.78, 5) is 25.1. The second-order valence-corrected chi connectivity index (χ2v) is 9.46. The number of hydrogen-bond acceptors (Lipinski definition) is 7. The van der Waals surface area contributed by atoms with Crippen molar-refractivity contribution in [1.29, 1.82) is 0 Å². The van der Waals surface area contributed by atoms with E-state index in [9.17, 15) is 9.59 Å². The minimum atomic E-state index is -0.400. The molecule has 212 valence electrons. The molecule has 0 atom stereocenters. The van der Waals surface area contributed by atoms with Gasteiger partial charge in [0.15, 0.2) is 29.6 Å². The molecule has 3 aromatic rings. The number of nitrogens with zero attached hydrogens (tertiary/aromatic N) is 1. The minimum Gasteiger partial charge on any atom is -0.490 e. The molecule has 0 saturated carbocycles. The number of ether oxygens (including phenoxy) is 4. The Balaban J connectivity index is 1.66. The van der Waals surface area contributed by atoms with Gasteiger partial charge >= 0.3 is 0 Å². The van der Waals surface area contributed by atoms with Crippen LogP contribution in [0.1, 0.15) is 48.7 Å². The molecule has 10 heteroatoms. The molecule has 2 N–H and O–H groups in total. The maximum atomic E-state index is 12.7. The second-order valence-electron chi connectivity index (χ2n) is 8.61. The first-order chi connectivity index (χ1) is 19.3. The smallest absolute Gasteiger partial charge is 0.271 e. The van der Waals surface area contributed by atoms with Crippen LogP contribution in [0.15, 0.2) is 64.2 Å². The van der Waals surface area contributed by atoms with Gasteiger partial charge in [0.25, 0.3) is 11.8 Å². The molecular weight excluding hydrogens is 578 g/mol. The van der Waals surface area contributed by atoms with Gasteiger partial charge in [-0.2, -0.15) is 5.10 Å². The number of amides is 2. The van der Waals surface area contributed by atoms with Crippen LogP contribution >= 0.6 is 15.9 Å². The highest BCUT2D eigenvalue weighted by molar-refractivity contribution is 9.10. The number of nitrogens with one attached hydrogen (secondary N) is 2. The number of halogens is 1. The lowest BCUT2D eigenvalue weighted by Crippen LogP contribution is -2.20. The van der Waals surface area contributed by atoms with Gasteiger partial charge in [0.05, 0.1) is 30.5 Å². The highest BCUT2D eigenvalue weighted by atomic mass is 79.9. The van der Waals surface area contributed by atoms with Gasteiger partial charge in [-0.3, -0.25) is 9.59 Å². The molecule has 0 aliphatic carbocycles. The van der Waals surface area contributed by atoms with Gasteiger partial charge in [-0.25, -0.2) is 5.43 Å². The van der Waals surface area contributed by atoms with E-state index in [-0.39, 0.29) is 12.5 Å². The van der Waals surface area contributed by atoms with Crippen LogP contribution in [0, 0.1) is 6.92 Å². The first kappa shape index (κ1) is 30.5. The first-order valence-electron chi connectivity index (χ1n) is 13.0. The van der Waals surface area contributed by atoms with Crippen molar-refractivity contribution < 1.29 is 28.5 Å². The van der Waals surface area contributed by atoms with Gasteiger partial charge in [-0.05, 0) is 91.1 Å². The second kappa shape index (κ2) is 15.5. The van der Waals surface area contributed by atoms with Gasteiger partial charge in [0.2, 0.25) is 0 Å². The number of rotatable bonds is 14. The van der Waals surface area contributed by atoms with E-state index in [1.807, 2.05) is 52.0 Å². The summed E-state index contributed by atoms with van der Waals surface area (Å²) in [5, 5.41) is 6.89. The van der Waals surface area contributed by atoms with E-state index in [1.54, 1.807) is 30.3 Å². The summed E-state index contributed by atoms with van der Waals surface area (Å²) in [7, 11) is 0. The van der Waals surface area contributed by atoms with Crippen LogP contribution in [0.5, 0.6) is 23.0 Å². The van der Waals surface area contributed by atoms with Crippen molar-refractivity contribution in [3.63, 3.8) is 0 Å². The largest absolute Gasteiger partial charge is 0.490 e. The number of hydrogen-bond donors (Lipinski definition) is 2. The Morgan fingerprint density at radius 1 is 0.875 bits per heavy atom. The highest BCUT2D eigenvalue weighted by Crippen LogP contribution is 2.36. The lowest BCUT2D eigenvalue weighted by molar-refractivity contribution is -0.118. The van der Waals surface area contributed by atoms with Crippen molar-refractivity contribution in [2.75, 3.05) is 31.7 Å². The number of aryl methyl sites for hydroxylation is 1. The normalized spacial score (nSPS) is 10.7. The molecule has 0 saturated heterocycles. The number of carbonyl (C=O) groups excluding carboxylic acids is 2. The molecule has 0 unspecified atom stereocenters. The summed E-state index contributed by atoms with van der Waals surface area (Å²) in [6.07, 6.45) is 2.35. The zero-order chi connectivity index (χ0) is 28.9. The van der Waals surface area contributed by atoms with Crippen LogP contribution in [-0.2, 0) is 4.79 Å². The average Bonchev–Trinajstić information content (AvgIpc) is 2.93. The molecule has 0 aliphatic heterocycles. The maximum absolute atomic E-state index is 12.7. The van der Waals surface area contributed by atoms with Crippen molar-refractivity contribution in [2.45, 2.75) is 34.1 Å². The van der Waals surface area contributed by atoms with E-state index in [4.69, 9.17) is 18.9 Å². The van der Waals surface area contributed by atoms with E-state index < -0.39 is 5.91 Å². The van der Waals surface area contributed by atoms with Crippen molar-refractivity contribution in [2.24, 2.45) is 5.10 Å². The van der Waals surface area contributed by atoms with E-state index in [1.165, 1.54) is 6.21 Å². The summed E-state index contributed by atoms with van der Waals surface area (Å²) in [5.74, 6) is 1.20. The quantitative estimate of drug-likeness (QED) is 0.168. The highest BCUT2D eigenvalue weighted by Gasteiger charge is 2.15. The van der Waals surface area contributed by atoms with Crippen LogP contribution in [0.4, 0.5) is 5.69 Å². The lowest BCUT2D eigenvalue weighted by atomic mass is 10.2. The van der Waals surface area contributed by atoms with Crippen LogP contribution < -0.4 is 29.7 Å². The van der Waals surface area contributed by atoms with E-state index in [0.717, 1.165) is 12.0 Å². The Hall–Kier alpha value is -4.05. The van der Waals surface area contributed by atoms with Gasteiger partial charge < -0.3 is 24.3 Å². The summed E-state index contributed by atoms with van der Waals surface area (Å²) in [6.45, 7) is 8.88. The molecular formula is C30H34BrN3O6. The Morgan fingerprint density at radius 3 is 2.30 bits per heavy atom. The molecule has 2 amide bonds. The van der Waals surface area contributed by atoms with Crippen LogP contribution in [0.3, 0.4) is 0 Å². The zero-order valence-corrected chi connectivity index (χ0v) is 24.7. The molecule has 40 heavy (non-hydrogen) atoms. The molecule has 0 heterocycles. The van der Waals surface area contributed by atoms with Gasteiger partial charge in [0.1, 0.15) is 0 Å². The van der Waals surface area contributed by atoms with E-state index in [2.05, 4.69) is 31.8 Å².